The van der Waals surface area contributed by atoms with E-state index >= 15 is 0 Å². The Bertz CT molecular complexity index is 983. The zero-order valence-electron chi connectivity index (χ0n) is 14.3. The van der Waals surface area contributed by atoms with Gasteiger partial charge in [-0.1, -0.05) is 5.10 Å². The third-order valence-corrected chi connectivity index (χ3v) is 3.62. The molecule has 1 aromatic heterocycles. The monoisotopic (exact) mass is 370 g/mol. The van der Waals surface area contributed by atoms with Gasteiger partial charge in [0.15, 0.2) is 0 Å². The number of nitro benzene ring substituents is 1. The number of nitro groups is 1. The van der Waals surface area contributed by atoms with Crippen molar-refractivity contribution in [1.29, 1.82) is 0 Å². The first-order chi connectivity index (χ1) is 13.0. The standard InChI is InChI=1S/C17H14N4O6/c1-25-12-7-8-14(26-2)13(9-12)16-19-20-17(27-16)18-15(22)10-3-5-11(6-4-10)21(23)24/h3-9H,1-2H3,(H,18,20,22). The van der Waals surface area contributed by atoms with E-state index in [9.17, 15) is 14.9 Å². The molecule has 10 heteroatoms. The number of hydrogen-bond donors (Lipinski definition) is 1. The molecule has 0 saturated heterocycles. The topological polar surface area (TPSA) is 130 Å². The molecule has 0 radical (unpaired) electrons. The first kappa shape index (κ1) is 17.9. The molecule has 3 aromatic rings. The predicted molar refractivity (Wildman–Crippen MR) is 93.9 cm³/mol. The number of methoxy groups -OCH3 is 2. The summed E-state index contributed by atoms with van der Waals surface area (Å²) in [7, 11) is 3.02. The lowest BCUT2D eigenvalue weighted by atomic mass is 10.2. The van der Waals surface area contributed by atoms with Crippen molar-refractivity contribution in [2.75, 3.05) is 19.5 Å². The van der Waals surface area contributed by atoms with Gasteiger partial charge in [-0.2, -0.15) is 0 Å². The lowest BCUT2D eigenvalue weighted by Gasteiger charge is -2.07. The molecule has 0 aliphatic rings. The van der Waals surface area contributed by atoms with E-state index in [-0.39, 0.29) is 23.2 Å². The Balaban J connectivity index is 1.80. The number of amides is 1. The molecule has 0 unspecified atom stereocenters. The van der Waals surface area contributed by atoms with Gasteiger partial charge >= 0.3 is 6.01 Å². The Morgan fingerprint density at radius 3 is 2.48 bits per heavy atom. The fraction of sp³-hybridized carbons (Fsp3) is 0.118. The Morgan fingerprint density at radius 1 is 1.11 bits per heavy atom. The second kappa shape index (κ2) is 7.52. The normalized spacial score (nSPS) is 10.3. The molecule has 0 spiro atoms. The summed E-state index contributed by atoms with van der Waals surface area (Å²) in [6.45, 7) is 0. The summed E-state index contributed by atoms with van der Waals surface area (Å²) in [4.78, 5) is 22.3. The van der Waals surface area contributed by atoms with E-state index in [4.69, 9.17) is 13.9 Å². The van der Waals surface area contributed by atoms with Gasteiger partial charge in [0.2, 0.25) is 0 Å². The van der Waals surface area contributed by atoms with Crippen LogP contribution in [0.25, 0.3) is 11.5 Å². The molecule has 0 saturated carbocycles. The number of benzene rings is 2. The van der Waals surface area contributed by atoms with E-state index in [1.54, 1.807) is 18.2 Å². The van der Waals surface area contributed by atoms with Crippen molar-refractivity contribution in [3.05, 3.63) is 58.1 Å². The van der Waals surface area contributed by atoms with Gasteiger partial charge in [0.1, 0.15) is 11.5 Å². The van der Waals surface area contributed by atoms with E-state index in [0.29, 0.717) is 17.1 Å². The molecule has 0 fully saturated rings. The van der Waals surface area contributed by atoms with Crippen LogP contribution in [0, 0.1) is 10.1 Å². The Hall–Kier alpha value is -3.95. The van der Waals surface area contributed by atoms with Crippen LogP contribution in [0.15, 0.2) is 46.9 Å². The highest BCUT2D eigenvalue weighted by Gasteiger charge is 2.17. The van der Waals surface area contributed by atoms with Crippen LogP contribution in [-0.4, -0.2) is 35.2 Å². The fourth-order valence-corrected chi connectivity index (χ4v) is 2.27. The van der Waals surface area contributed by atoms with E-state index < -0.39 is 10.8 Å². The number of aromatic nitrogens is 2. The Morgan fingerprint density at radius 2 is 1.85 bits per heavy atom. The number of non-ortho nitro benzene ring substituents is 1. The van der Waals surface area contributed by atoms with E-state index in [1.807, 2.05) is 0 Å². The maximum Gasteiger partial charge on any atom is 0.322 e. The van der Waals surface area contributed by atoms with Crippen molar-refractivity contribution < 1.29 is 23.6 Å². The van der Waals surface area contributed by atoms with E-state index in [2.05, 4.69) is 15.5 Å². The number of hydrogen-bond acceptors (Lipinski definition) is 8. The van der Waals surface area contributed by atoms with Crippen molar-refractivity contribution in [3.8, 4) is 23.0 Å². The van der Waals surface area contributed by atoms with Crippen LogP contribution in [-0.2, 0) is 0 Å². The second-order valence-electron chi connectivity index (χ2n) is 5.24. The third-order valence-electron chi connectivity index (χ3n) is 3.62. The van der Waals surface area contributed by atoms with Crippen molar-refractivity contribution in [3.63, 3.8) is 0 Å². The molecule has 1 heterocycles. The molecular formula is C17H14N4O6. The highest BCUT2D eigenvalue weighted by molar-refractivity contribution is 6.03. The summed E-state index contributed by atoms with van der Waals surface area (Å²) >= 11 is 0. The molecule has 0 bridgehead atoms. The second-order valence-corrected chi connectivity index (χ2v) is 5.24. The molecule has 138 valence electrons. The molecule has 2 aromatic carbocycles. The quantitative estimate of drug-likeness (QED) is 0.518. The van der Waals surface area contributed by atoms with Gasteiger partial charge in [0.25, 0.3) is 17.5 Å². The van der Waals surface area contributed by atoms with Gasteiger partial charge in [-0.15, -0.1) is 5.10 Å². The Labute approximate surface area is 152 Å². The highest BCUT2D eigenvalue weighted by Crippen LogP contribution is 2.33. The number of nitrogens with zero attached hydrogens (tertiary/aromatic N) is 3. The molecule has 0 atom stereocenters. The summed E-state index contributed by atoms with van der Waals surface area (Å²) in [6, 6.07) is 10.1. The summed E-state index contributed by atoms with van der Waals surface area (Å²) < 4.78 is 15.9. The van der Waals surface area contributed by atoms with Gasteiger partial charge in [-0.3, -0.25) is 20.2 Å². The maximum absolute atomic E-state index is 12.2. The largest absolute Gasteiger partial charge is 0.497 e. The van der Waals surface area contributed by atoms with Crippen molar-refractivity contribution >= 4 is 17.6 Å². The van der Waals surface area contributed by atoms with Crippen LogP contribution in [0.2, 0.25) is 0 Å². The predicted octanol–water partition coefficient (Wildman–Crippen LogP) is 2.91. The molecule has 0 aliphatic carbocycles. The SMILES string of the molecule is COc1ccc(OC)c(-c2nnc(NC(=O)c3ccc([N+](=O)[O-])cc3)o2)c1. The van der Waals surface area contributed by atoms with Crippen molar-refractivity contribution in [2.24, 2.45) is 0 Å². The molecular weight excluding hydrogens is 356 g/mol. The van der Waals surface area contributed by atoms with Crippen LogP contribution in [0.5, 0.6) is 11.5 Å². The van der Waals surface area contributed by atoms with Crippen LogP contribution in [0.3, 0.4) is 0 Å². The molecule has 27 heavy (non-hydrogen) atoms. The summed E-state index contributed by atoms with van der Waals surface area (Å²) in [5.41, 5.74) is 0.594. The van der Waals surface area contributed by atoms with Gasteiger partial charge < -0.3 is 13.9 Å². The van der Waals surface area contributed by atoms with Gasteiger partial charge in [0, 0.05) is 17.7 Å². The van der Waals surface area contributed by atoms with Crippen LogP contribution in [0.1, 0.15) is 10.4 Å². The summed E-state index contributed by atoms with van der Waals surface area (Å²) in [5.74, 6) is 0.649. The maximum atomic E-state index is 12.2. The average Bonchev–Trinajstić information content (AvgIpc) is 3.15. The van der Waals surface area contributed by atoms with E-state index in [0.717, 1.165) is 0 Å². The lowest BCUT2D eigenvalue weighted by molar-refractivity contribution is -0.384. The van der Waals surface area contributed by atoms with Crippen LogP contribution >= 0.6 is 0 Å². The average molecular weight is 370 g/mol. The number of rotatable bonds is 6. The minimum Gasteiger partial charge on any atom is -0.497 e. The first-order valence-electron chi connectivity index (χ1n) is 7.63. The molecule has 10 nitrogen and oxygen atoms in total. The minimum atomic E-state index is -0.548. The van der Waals surface area contributed by atoms with Gasteiger partial charge in [-0.05, 0) is 30.3 Å². The van der Waals surface area contributed by atoms with Crippen LogP contribution < -0.4 is 14.8 Å². The highest BCUT2D eigenvalue weighted by atomic mass is 16.6. The van der Waals surface area contributed by atoms with Crippen molar-refractivity contribution in [2.45, 2.75) is 0 Å². The zero-order chi connectivity index (χ0) is 19.4. The summed E-state index contributed by atoms with van der Waals surface area (Å²) in [6.07, 6.45) is 0. The zero-order valence-corrected chi connectivity index (χ0v) is 14.3. The molecule has 0 aliphatic heterocycles. The van der Waals surface area contributed by atoms with E-state index in [1.165, 1.54) is 38.5 Å². The number of carbonyl (C=O) groups excluding carboxylic acids is 1. The minimum absolute atomic E-state index is 0.114. The number of nitrogens with one attached hydrogen (secondary N) is 1. The number of ether oxygens (including phenoxy) is 2. The fourth-order valence-electron chi connectivity index (χ4n) is 2.27. The third kappa shape index (κ3) is 3.84. The Kier molecular flexibility index (Phi) is 4.97. The number of carbonyl (C=O) groups is 1. The number of anilines is 1. The van der Waals surface area contributed by atoms with Gasteiger partial charge in [0.05, 0.1) is 24.7 Å². The summed E-state index contributed by atoms with van der Waals surface area (Å²) in [5, 5.41) is 20.8. The van der Waals surface area contributed by atoms with Crippen molar-refractivity contribution in [1.82, 2.24) is 10.2 Å². The smallest absolute Gasteiger partial charge is 0.322 e. The van der Waals surface area contributed by atoms with Gasteiger partial charge in [-0.25, -0.2) is 0 Å². The molecule has 1 amide bonds. The lowest BCUT2D eigenvalue weighted by Crippen LogP contribution is -2.12. The first-order valence-corrected chi connectivity index (χ1v) is 7.63. The molecule has 3 rings (SSSR count). The molecule has 1 N–H and O–H groups in total. The van der Waals surface area contributed by atoms with Crippen LogP contribution in [0.4, 0.5) is 11.7 Å².